The number of hydrogen-bond donors (Lipinski definition) is 0. The second-order valence-corrected chi connectivity index (χ2v) is 7.68. The lowest BCUT2D eigenvalue weighted by Crippen LogP contribution is -2.13. The van der Waals surface area contributed by atoms with Gasteiger partial charge in [-0.1, -0.05) is 12.1 Å². The van der Waals surface area contributed by atoms with Crippen molar-refractivity contribution in [2.45, 2.75) is 25.5 Å². The molecule has 6 heteroatoms. The fourth-order valence-corrected chi connectivity index (χ4v) is 4.17. The Morgan fingerprint density at radius 3 is 2.52 bits per heavy atom. The molecule has 0 saturated carbocycles. The van der Waals surface area contributed by atoms with Crippen molar-refractivity contribution in [3.8, 4) is 22.5 Å². The van der Waals surface area contributed by atoms with Crippen LogP contribution in [0.4, 0.5) is 8.78 Å². The molecule has 5 rings (SSSR count). The molecule has 1 atom stereocenters. The first kappa shape index (κ1) is 19.6. The highest BCUT2D eigenvalue weighted by atomic mass is 19.1. The van der Waals surface area contributed by atoms with Crippen LogP contribution in [0.1, 0.15) is 23.9 Å². The van der Waals surface area contributed by atoms with Gasteiger partial charge in [0.2, 0.25) is 0 Å². The summed E-state index contributed by atoms with van der Waals surface area (Å²) in [5.74, 6) is 0.456. The predicted octanol–water partition coefficient (Wildman–Crippen LogP) is 5.59. The zero-order chi connectivity index (χ0) is 21.2. The number of halogens is 2. The SMILES string of the molecule is Fc1ccc(-c2nc3n(c2-c2ccncc2)C(COCc2cccc(F)c2)CC3)cc1. The highest BCUT2D eigenvalue weighted by Gasteiger charge is 2.30. The molecule has 156 valence electrons. The Labute approximate surface area is 179 Å². The van der Waals surface area contributed by atoms with Crippen LogP contribution in [0, 0.1) is 11.6 Å². The van der Waals surface area contributed by atoms with Gasteiger partial charge in [0.25, 0.3) is 0 Å². The minimum Gasteiger partial charge on any atom is -0.375 e. The van der Waals surface area contributed by atoms with Crippen LogP contribution >= 0.6 is 0 Å². The molecule has 2 aromatic carbocycles. The number of aryl methyl sites for hydroxylation is 1. The van der Waals surface area contributed by atoms with Crippen LogP contribution in [-0.2, 0) is 17.8 Å². The van der Waals surface area contributed by atoms with Gasteiger partial charge in [-0.15, -0.1) is 0 Å². The van der Waals surface area contributed by atoms with Crippen LogP contribution in [0.3, 0.4) is 0 Å². The van der Waals surface area contributed by atoms with E-state index in [1.54, 1.807) is 30.6 Å². The Kier molecular flexibility index (Phi) is 5.30. The maximum atomic E-state index is 13.5. The molecule has 4 nitrogen and oxygen atoms in total. The zero-order valence-electron chi connectivity index (χ0n) is 16.8. The van der Waals surface area contributed by atoms with E-state index < -0.39 is 0 Å². The highest BCUT2D eigenvalue weighted by molar-refractivity contribution is 5.79. The van der Waals surface area contributed by atoms with Crippen molar-refractivity contribution in [2.75, 3.05) is 6.61 Å². The number of aromatic nitrogens is 3. The molecule has 1 aliphatic heterocycles. The Balaban J connectivity index is 1.47. The number of imidazole rings is 1. The summed E-state index contributed by atoms with van der Waals surface area (Å²) in [5.41, 5.74) is 4.50. The first-order valence-electron chi connectivity index (χ1n) is 10.3. The maximum absolute atomic E-state index is 13.5. The van der Waals surface area contributed by atoms with Gasteiger partial charge in [0.05, 0.1) is 30.6 Å². The van der Waals surface area contributed by atoms with Gasteiger partial charge in [0.15, 0.2) is 0 Å². The summed E-state index contributed by atoms with van der Waals surface area (Å²) in [4.78, 5) is 9.05. The summed E-state index contributed by atoms with van der Waals surface area (Å²) >= 11 is 0. The second kappa shape index (κ2) is 8.40. The van der Waals surface area contributed by atoms with Crippen LogP contribution in [-0.4, -0.2) is 21.1 Å². The van der Waals surface area contributed by atoms with E-state index in [1.807, 2.05) is 18.2 Å². The van der Waals surface area contributed by atoms with Crippen LogP contribution in [0.5, 0.6) is 0 Å². The third-order valence-corrected chi connectivity index (χ3v) is 5.59. The lowest BCUT2D eigenvalue weighted by Gasteiger charge is -2.18. The van der Waals surface area contributed by atoms with Gasteiger partial charge >= 0.3 is 0 Å². The third kappa shape index (κ3) is 3.99. The van der Waals surface area contributed by atoms with Gasteiger partial charge in [0.1, 0.15) is 17.5 Å². The number of fused-ring (bicyclic) bond motifs is 1. The fraction of sp³-hybridized carbons (Fsp3) is 0.200. The van der Waals surface area contributed by atoms with E-state index in [0.29, 0.717) is 13.2 Å². The first-order chi connectivity index (χ1) is 15.2. The van der Waals surface area contributed by atoms with Crippen molar-refractivity contribution in [1.82, 2.24) is 14.5 Å². The maximum Gasteiger partial charge on any atom is 0.123 e. The van der Waals surface area contributed by atoms with E-state index in [4.69, 9.17) is 9.72 Å². The summed E-state index contributed by atoms with van der Waals surface area (Å²) in [6.07, 6.45) is 5.28. The van der Waals surface area contributed by atoms with Crippen LogP contribution < -0.4 is 0 Å². The largest absolute Gasteiger partial charge is 0.375 e. The Hall–Kier alpha value is -3.38. The van der Waals surface area contributed by atoms with E-state index in [9.17, 15) is 8.78 Å². The summed E-state index contributed by atoms with van der Waals surface area (Å²) in [7, 11) is 0. The van der Waals surface area contributed by atoms with Crippen LogP contribution in [0.2, 0.25) is 0 Å². The Morgan fingerprint density at radius 1 is 0.935 bits per heavy atom. The van der Waals surface area contributed by atoms with Crippen LogP contribution in [0.15, 0.2) is 73.1 Å². The molecule has 3 heterocycles. The smallest absolute Gasteiger partial charge is 0.123 e. The van der Waals surface area contributed by atoms with Gasteiger partial charge in [-0.05, 0) is 60.5 Å². The van der Waals surface area contributed by atoms with Gasteiger partial charge in [0, 0.05) is 29.9 Å². The van der Waals surface area contributed by atoms with E-state index in [1.165, 1.54) is 24.3 Å². The number of hydrogen-bond acceptors (Lipinski definition) is 3. The van der Waals surface area contributed by atoms with Crippen molar-refractivity contribution in [1.29, 1.82) is 0 Å². The molecule has 1 unspecified atom stereocenters. The second-order valence-electron chi connectivity index (χ2n) is 7.68. The van der Waals surface area contributed by atoms with Crippen molar-refractivity contribution in [2.24, 2.45) is 0 Å². The molecule has 0 saturated heterocycles. The number of ether oxygens (including phenoxy) is 1. The Morgan fingerprint density at radius 2 is 1.74 bits per heavy atom. The summed E-state index contributed by atoms with van der Waals surface area (Å²) in [6, 6.07) is 16.9. The number of nitrogens with zero attached hydrogens (tertiary/aromatic N) is 3. The molecule has 0 fully saturated rings. The topological polar surface area (TPSA) is 39.9 Å². The molecular formula is C25H21F2N3O. The lowest BCUT2D eigenvalue weighted by atomic mass is 10.0. The minimum atomic E-state index is -0.274. The zero-order valence-corrected chi connectivity index (χ0v) is 16.8. The molecule has 0 aliphatic carbocycles. The summed E-state index contributed by atoms with van der Waals surface area (Å²) in [6.45, 7) is 0.856. The third-order valence-electron chi connectivity index (χ3n) is 5.59. The van der Waals surface area contributed by atoms with E-state index >= 15 is 0 Å². The van der Waals surface area contributed by atoms with Crippen molar-refractivity contribution < 1.29 is 13.5 Å². The molecule has 31 heavy (non-hydrogen) atoms. The van der Waals surface area contributed by atoms with Gasteiger partial charge < -0.3 is 9.30 Å². The van der Waals surface area contributed by atoms with E-state index in [-0.39, 0.29) is 17.7 Å². The molecule has 0 N–H and O–H groups in total. The van der Waals surface area contributed by atoms with Gasteiger partial charge in [-0.25, -0.2) is 13.8 Å². The van der Waals surface area contributed by atoms with Crippen LogP contribution in [0.25, 0.3) is 22.5 Å². The monoisotopic (exact) mass is 417 g/mol. The average molecular weight is 417 g/mol. The van der Waals surface area contributed by atoms with Crippen molar-refractivity contribution >= 4 is 0 Å². The quantitative estimate of drug-likeness (QED) is 0.410. The molecule has 0 spiro atoms. The lowest BCUT2D eigenvalue weighted by molar-refractivity contribution is 0.0923. The number of rotatable bonds is 6. The van der Waals surface area contributed by atoms with Crippen molar-refractivity contribution in [3.05, 3.63) is 96.1 Å². The van der Waals surface area contributed by atoms with E-state index in [0.717, 1.165) is 46.7 Å². The first-order valence-corrected chi connectivity index (χ1v) is 10.3. The molecule has 1 aliphatic rings. The molecule has 4 aromatic rings. The number of pyridine rings is 1. The number of benzene rings is 2. The molecule has 2 aromatic heterocycles. The van der Waals surface area contributed by atoms with E-state index in [2.05, 4.69) is 9.55 Å². The van der Waals surface area contributed by atoms with Gasteiger partial charge in [-0.3, -0.25) is 4.98 Å². The van der Waals surface area contributed by atoms with Crippen molar-refractivity contribution in [3.63, 3.8) is 0 Å². The Bertz CT molecular complexity index is 1190. The van der Waals surface area contributed by atoms with Gasteiger partial charge in [-0.2, -0.15) is 0 Å². The molecule has 0 amide bonds. The molecule has 0 radical (unpaired) electrons. The molecular weight excluding hydrogens is 396 g/mol. The molecule has 0 bridgehead atoms. The predicted molar refractivity (Wildman–Crippen MR) is 114 cm³/mol. The average Bonchev–Trinajstić information content (AvgIpc) is 3.35. The summed E-state index contributed by atoms with van der Waals surface area (Å²) < 4.78 is 35.1. The fourth-order valence-electron chi connectivity index (χ4n) is 4.17. The summed E-state index contributed by atoms with van der Waals surface area (Å²) in [5, 5.41) is 0. The normalized spacial score (nSPS) is 15.2. The minimum absolute atomic E-state index is 0.119. The highest BCUT2D eigenvalue weighted by Crippen LogP contribution is 2.39. The standard InChI is InChI=1S/C25H21F2N3O/c26-20-6-4-18(5-7-20)24-25(19-10-12-28-13-11-19)30-22(8-9-23(30)29-24)16-31-15-17-2-1-3-21(27)14-17/h1-7,10-14,22H,8-9,15-16H2.